The van der Waals surface area contributed by atoms with Crippen molar-refractivity contribution in [3.8, 4) is 11.1 Å². The summed E-state index contributed by atoms with van der Waals surface area (Å²) in [6, 6.07) is 47.9. The minimum absolute atomic E-state index is 0. The summed E-state index contributed by atoms with van der Waals surface area (Å²) in [4.78, 5) is 26.9. The molecule has 8 rings (SSSR count). The molecule has 0 N–H and O–H groups in total. The van der Waals surface area contributed by atoms with Crippen LogP contribution in [-0.2, 0) is 29.1 Å². The van der Waals surface area contributed by atoms with Gasteiger partial charge in [0.25, 0.3) is 0 Å². The van der Waals surface area contributed by atoms with E-state index in [0.717, 1.165) is 13.8 Å². The number of aliphatic carboxylic acids is 2. The second-order valence-electron chi connectivity index (χ2n) is 20.3. The number of benzene rings is 8. The number of nitrogens with zero attached hydrogens (tertiary/aromatic N) is 4. The third-order valence-corrected chi connectivity index (χ3v) is 18.1. The number of aryl methyl sites for hydroxylation is 8. The maximum atomic E-state index is 8.89. The molecule has 0 amide bonds. The summed E-state index contributed by atoms with van der Waals surface area (Å²) < 4.78 is 0. The number of rotatable bonds is 11. The van der Waals surface area contributed by atoms with E-state index in [9.17, 15) is 0 Å². The molecule has 8 nitrogen and oxygen atoms in total. The monoisotopic (exact) mass is 1130 g/mol. The summed E-state index contributed by atoms with van der Waals surface area (Å²) in [7, 11) is 15.2. The van der Waals surface area contributed by atoms with Gasteiger partial charge in [0.2, 0.25) is 0 Å². The second kappa shape index (κ2) is 25.2. The van der Waals surface area contributed by atoms with Crippen molar-refractivity contribution in [3.63, 3.8) is 0 Å². The molecular formula is C64H74N4O4P2Ru. The van der Waals surface area contributed by atoms with Crippen LogP contribution in [0.5, 0.6) is 0 Å². The predicted octanol–water partition coefficient (Wildman–Crippen LogP) is 9.42. The quantitative estimate of drug-likeness (QED) is 0.0936. The van der Waals surface area contributed by atoms with E-state index < -0.39 is 27.8 Å². The molecule has 8 aromatic rings. The molecule has 0 heterocycles. The van der Waals surface area contributed by atoms with Crippen molar-refractivity contribution in [2.75, 3.05) is 76.0 Å². The van der Waals surface area contributed by atoms with Gasteiger partial charge >= 0.3 is 19.5 Å². The SMILES string of the molecule is CC(=O)[O-].CC(=O)[O-].Cc1cc(P(c2cc(C)c(N(C)C)c(C)c2)c2ccc3ccccc3c2-c2c(P(c3cc(C)c(N(C)C)c(C)c3)c3cc(C)c(N(C)C)c(C)c3)ccc3ccccc23)cc(C)c1N(C)C.[Ru+2]. The topological polar surface area (TPSA) is 93.2 Å². The zero-order chi connectivity index (χ0) is 54.6. The molecule has 0 unspecified atom stereocenters. The summed E-state index contributed by atoms with van der Waals surface area (Å²) in [6.07, 6.45) is 0. The van der Waals surface area contributed by atoms with Crippen LogP contribution in [0, 0.1) is 55.4 Å². The largest absolute Gasteiger partial charge is 2.00 e. The van der Waals surface area contributed by atoms with Crippen LogP contribution in [0.2, 0.25) is 0 Å². The summed E-state index contributed by atoms with van der Waals surface area (Å²) in [5.41, 5.74) is 18.3. The first-order valence-corrected chi connectivity index (χ1v) is 27.7. The Kier molecular flexibility index (Phi) is 20.1. The Hall–Kier alpha value is -6.10. The first-order valence-electron chi connectivity index (χ1n) is 25.0. The van der Waals surface area contributed by atoms with E-state index in [-0.39, 0.29) is 19.5 Å². The molecule has 392 valence electrons. The smallest absolute Gasteiger partial charge is 0.550 e. The van der Waals surface area contributed by atoms with E-state index in [0.29, 0.717) is 0 Å². The molecule has 8 aromatic carbocycles. The van der Waals surface area contributed by atoms with Crippen LogP contribution < -0.4 is 61.6 Å². The van der Waals surface area contributed by atoms with Gasteiger partial charge < -0.3 is 39.4 Å². The summed E-state index contributed by atoms with van der Waals surface area (Å²) in [5, 5.41) is 31.1. The van der Waals surface area contributed by atoms with Gasteiger partial charge in [-0.3, -0.25) is 0 Å². The first-order chi connectivity index (χ1) is 34.8. The number of hydrogen-bond donors (Lipinski definition) is 0. The first kappa shape index (κ1) is 59.8. The summed E-state index contributed by atoms with van der Waals surface area (Å²) in [5.74, 6) is -2.17. The van der Waals surface area contributed by atoms with E-state index in [4.69, 9.17) is 19.8 Å². The summed E-state index contributed by atoms with van der Waals surface area (Å²) in [6.45, 7) is 20.3. The van der Waals surface area contributed by atoms with E-state index in [2.05, 4.69) is 253 Å². The van der Waals surface area contributed by atoms with Crippen molar-refractivity contribution >= 4 is 104 Å². The molecule has 0 bridgehead atoms. The van der Waals surface area contributed by atoms with Crippen LogP contribution in [0.15, 0.2) is 121 Å². The van der Waals surface area contributed by atoms with E-state index in [1.807, 2.05) is 0 Å². The number of fused-ring (bicyclic) bond motifs is 2. The maximum Gasteiger partial charge on any atom is 2.00 e. The average Bonchev–Trinajstić information content (AvgIpc) is 3.27. The average molecular weight is 1130 g/mol. The zero-order valence-electron chi connectivity index (χ0n) is 47.2. The number of carboxylic acid groups (broad SMARTS) is 2. The van der Waals surface area contributed by atoms with Crippen LogP contribution in [0.1, 0.15) is 58.4 Å². The van der Waals surface area contributed by atoms with Crippen LogP contribution in [0.3, 0.4) is 0 Å². The summed E-state index contributed by atoms with van der Waals surface area (Å²) >= 11 is 0. The van der Waals surface area contributed by atoms with Gasteiger partial charge in [0.15, 0.2) is 0 Å². The molecule has 0 spiro atoms. The molecule has 0 saturated carbocycles. The fraction of sp³-hybridized carbons (Fsp3) is 0.281. The molecule has 0 aliphatic carbocycles. The van der Waals surface area contributed by atoms with Crippen LogP contribution >= 0.6 is 15.8 Å². The van der Waals surface area contributed by atoms with E-state index >= 15 is 0 Å². The van der Waals surface area contributed by atoms with Gasteiger partial charge in [-0.05, 0) is 243 Å². The van der Waals surface area contributed by atoms with Gasteiger partial charge in [0.05, 0.1) is 0 Å². The van der Waals surface area contributed by atoms with Crippen molar-refractivity contribution in [1.29, 1.82) is 0 Å². The number of hydrogen-bond acceptors (Lipinski definition) is 8. The van der Waals surface area contributed by atoms with Crippen LogP contribution in [0.4, 0.5) is 22.7 Å². The minimum atomic E-state index is -1.08. The molecule has 75 heavy (non-hydrogen) atoms. The predicted molar refractivity (Wildman–Crippen MR) is 321 cm³/mol. The van der Waals surface area contributed by atoms with Gasteiger partial charge in [0.1, 0.15) is 0 Å². The maximum absolute atomic E-state index is 8.89. The minimum Gasteiger partial charge on any atom is -0.550 e. The molecule has 0 fully saturated rings. The van der Waals surface area contributed by atoms with E-state index in [1.54, 1.807) is 0 Å². The molecule has 0 atom stereocenters. The van der Waals surface area contributed by atoms with Gasteiger partial charge in [0, 0.05) is 91.1 Å². The number of carboxylic acids is 2. The molecule has 11 heteroatoms. The Morgan fingerprint density at radius 3 is 0.760 bits per heavy atom. The third kappa shape index (κ3) is 13.1. The van der Waals surface area contributed by atoms with Gasteiger partial charge in [-0.15, -0.1) is 0 Å². The van der Waals surface area contributed by atoms with E-state index in [1.165, 1.54) is 132 Å². The van der Waals surface area contributed by atoms with Crippen LogP contribution in [-0.4, -0.2) is 68.3 Å². The Bertz CT molecular complexity index is 2950. The third-order valence-electron chi connectivity index (χ3n) is 13.3. The molecular weight excluding hydrogens is 1050 g/mol. The van der Waals surface area contributed by atoms with Crippen molar-refractivity contribution in [2.45, 2.75) is 69.2 Å². The van der Waals surface area contributed by atoms with Gasteiger partial charge in [-0.1, -0.05) is 72.8 Å². The Labute approximate surface area is 462 Å². The second-order valence-corrected chi connectivity index (χ2v) is 24.7. The normalized spacial score (nSPS) is 10.9. The van der Waals surface area contributed by atoms with Crippen molar-refractivity contribution in [3.05, 3.63) is 166 Å². The molecule has 0 aliphatic heterocycles. The van der Waals surface area contributed by atoms with Crippen molar-refractivity contribution in [2.24, 2.45) is 0 Å². The van der Waals surface area contributed by atoms with Crippen LogP contribution in [0.25, 0.3) is 32.7 Å². The molecule has 0 radical (unpaired) electrons. The van der Waals surface area contributed by atoms with Crippen molar-refractivity contribution < 1.29 is 39.3 Å². The number of carbonyl (C=O) groups is 2. The van der Waals surface area contributed by atoms with Gasteiger partial charge in [-0.2, -0.15) is 0 Å². The standard InChI is InChI=1S/C60H68N4P2.2C2H4O2.Ru/c1-37-29-47(30-38(2)57(37)61(9)10)65(48-31-39(3)58(62(11)12)40(4)32-48)53-27-25-45-21-17-19-23-51(45)55(53)56-52-24-20-18-22-46(52)26-28-54(56)66(49-33-41(5)59(63(13)14)42(6)34-49)50-35-43(7)60(64(15)16)44(8)36-50;2*1-2(3)4;/h17-36H,1-16H3;2*1H3,(H,3,4);/q;;;+2/p-2. The number of anilines is 4. The Balaban J connectivity index is 0.00000108. The Morgan fingerprint density at radius 2 is 0.560 bits per heavy atom. The Morgan fingerprint density at radius 1 is 0.360 bits per heavy atom. The van der Waals surface area contributed by atoms with Gasteiger partial charge in [-0.25, -0.2) is 0 Å². The molecule has 0 aliphatic rings. The number of carbonyl (C=O) groups excluding carboxylic acids is 2. The van der Waals surface area contributed by atoms with Crippen molar-refractivity contribution in [1.82, 2.24) is 0 Å². The zero-order valence-corrected chi connectivity index (χ0v) is 50.7. The fourth-order valence-electron chi connectivity index (χ4n) is 11.3. The molecule has 0 saturated heterocycles. The fourth-order valence-corrected chi connectivity index (χ4v) is 17.0. The molecule has 0 aromatic heterocycles.